The lowest BCUT2D eigenvalue weighted by Crippen LogP contribution is -2.37. The molecule has 3 heteroatoms. The van der Waals surface area contributed by atoms with E-state index in [-0.39, 0.29) is 23.7 Å². The lowest BCUT2D eigenvalue weighted by Gasteiger charge is -2.25. The average Bonchev–Trinajstić information content (AvgIpc) is 3.11. The highest BCUT2D eigenvalue weighted by atomic mass is 16.3. The Bertz CT molecular complexity index is 595. The molecular formula is C17H16O3. The second-order valence-electron chi connectivity index (χ2n) is 8.40. The minimum absolute atomic E-state index is 0.191. The third-order valence-electron chi connectivity index (χ3n) is 8.65. The van der Waals surface area contributed by atoms with Gasteiger partial charge < -0.3 is 5.11 Å². The first-order valence-electron chi connectivity index (χ1n) is 8.15. The van der Waals surface area contributed by atoms with Crippen LogP contribution in [0.4, 0.5) is 0 Å². The van der Waals surface area contributed by atoms with Gasteiger partial charge in [0, 0.05) is 23.7 Å². The fourth-order valence-corrected chi connectivity index (χ4v) is 8.82. The van der Waals surface area contributed by atoms with Crippen molar-refractivity contribution < 1.29 is 14.7 Å². The minimum Gasteiger partial charge on any atom is -0.392 e. The van der Waals surface area contributed by atoms with Gasteiger partial charge in [0.05, 0.1) is 6.10 Å². The van der Waals surface area contributed by atoms with Crippen LogP contribution >= 0.6 is 0 Å². The summed E-state index contributed by atoms with van der Waals surface area (Å²) in [7, 11) is 0. The van der Waals surface area contributed by atoms with Crippen molar-refractivity contribution in [3.05, 3.63) is 12.2 Å². The van der Waals surface area contributed by atoms with Crippen LogP contribution in [0.1, 0.15) is 0 Å². The molecule has 3 unspecified atom stereocenters. The highest BCUT2D eigenvalue weighted by Crippen LogP contribution is 2.82. The van der Waals surface area contributed by atoms with Crippen LogP contribution in [0.2, 0.25) is 0 Å². The molecule has 1 N–H and O–H groups in total. The molecule has 0 aromatic heterocycles. The predicted octanol–water partition coefficient (Wildman–Crippen LogP) is 0.531. The van der Waals surface area contributed by atoms with Gasteiger partial charge in [-0.1, -0.05) is 12.2 Å². The summed E-state index contributed by atoms with van der Waals surface area (Å²) in [5.74, 6) is 4.40. The maximum absolute atomic E-state index is 12.9. The zero-order chi connectivity index (χ0) is 13.1. The second-order valence-corrected chi connectivity index (χ2v) is 8.40. The zero-order valence-corrected chi connectivity index (χ0v) is 10.9. The molecule has 0 saturated heterocycles. The number of allylic oxidation sites excluding steroid dienone is 2. The van der Waals surface area contributed by atoms with Crippen molar-refractivity contribution in [3.63, 3.8) is 0 Å². The first-order valence-corrected chi connectivity index (χ1v) is 8.15. The quantitative estimate of drug-likeness (QED) is 0.652. The van der Waals surface area contributed by atoms with E-state index in [1.165, 1.54) is 0 Å². The minimum atomic E-state index is -0.653. The monoisotopic (exact) mass is 268 g/mol. The molecule has 7 aliphatic carbocycles. The number of rotatable bonds is 0. The summed E-state index contributed by atoms with van der Waals surface area (Å²) in [4.78, 5) is 25.7. The number of aliphatic hydroxyl groups excluding tert-OH is 1. The Morgan fingerprint density at radius 1 is 0.650 bits per heavy atom. The van der Waals surface area contributed by atoms with Crippen molar-refractivity contribution >= 4 is 11.6 Å². The molecule has 0 spiro atoms. The lowest BCUT2D eigenvalue weighted by molar-refractivity contribution is -0.133. The Kier molecular flexibility index (Phi) is 1.22. The molecule has 7 aliphatic rings. The summed E-state index contributed by atoms with van der Waals surface area (Å²) in [5, 5.41) is 10.6. The van der Waals surface area contributed by atoms with Crippen molar-refractivity contribution in [3.8, 4) is 0 Å². The van der Waals surface area contributed by atoms with E-state index in [1.54, 1.807) is 0 Å². The molecule has 6 saturated carbocycles. The number of hydrogen-bond donors (Lipinski definition) is 1. The van der Waals surface area contributed by atoms with Crippen LogP contribution in [0.15, 0.2) is 12.2 Å². The molecule has 0 bridgehead atoms. The van der Waals surface area contributed by atoms with Gasteiger partial charge in [0.2, 0.25) is 0 Å². The van der Waals surface area contributed by atoms with Gasteiger partial charge >= 0.3 is 0 Å². The summed E-state index contributed by atoms with van der Waals surface area (Å²) in [6.45, 7) is 0. The number of hydrogen-bond acceptors (Lipinski definition) is 3. The van der Waals surface area contributed by atoms with E-state index in [4.69, 9.17) is 0 Å². The lowest BCUT2D eigenvalue weighted by atomic mass is 9.78. The van der Waals surface area contributed by atoms with Gasteiger partial charge in [-0.05, 0) is 47.3 Å². The van der Waals surface area contributed by atoms with E-state index in [1.807, 2.05) is 0 Å². The SMILES string of the molecule is O=C1[C@H]2[C@@H]3C4C5[C@@H](C=C[C@@H]52)[C@H]2C(=O)[C@H]5C(O)[C@@H]1[C@H]3[C@@H]5[C@H]42. The van der Waals surface area contributed by atoms with Crippen molar-refractivity contribution in [2.24, 2.45) is 71.0 Å². The van der Waals surface area contributed by atoms with Gasteiger partial charge in [-0.2, -0.15) is 0 Å². The maximum atomic E-state index is 12.9. The first kappa shape index (κ1) is 9.88. The molecule has 0 heterocycles. The molecule has 102 valence electrons. The summed E-state index contributed by atoms with van der Waals surface area (Å²) in [6, 6.07) is 0. The molecule has 0 radical (unpaired) electrons. The molecule has 0 aromatic carbocycles. The summed E-state index contributed by atoms with van der Waals surface area (Å²) in [6.07, 6.45) is 3.87. The number of carbonyl (C=O) groups is 2. The van der Waals surface area contributed by atoms with Gasteiger partial charge in [0.15, 0.2) is 0 Å². The first-order chi connectivity index (χ1) is 9.72. The predicted molar refractivity (Wildman–Crippen MR) is 67.0 cm³/mol. The number of ketones is 2. The maximum Gasteiger partial charge on any atom is 0.142 e. The largest absolute Gasteiger partial charge is 0.392 e. The van der Waals surface area contributed by atoms with Gasteiger partial charge in [0.1, 0.15) is 11.6 Å². The standard InChI is InChI=1S/C17H16O3/c18-15-6-3-1-2-4-5(3)8-9(6)11-12-10(8)7(4)16(19)14(12)17(20)13(11)15/h1-14,17,20H/t3-,4+,5?,6-,7-,8?,9+,10-,11+,12-,13+,14-,17?/m1/s1. The van der Waals surface area contributed by atoms with Crippen LogP contribution in [-0.4, -0.2) is 22.8 Å². The molecular weight excluding hydrogens is 252 g/mol. The summed E-state index contributed by atoms with van der Waals surface area (Å²) < 4.78 is 0. The Hall–Kier alpha value is -0.960. The van der Waals surface area contributed by atoms with E-state index in [2.05, 4.69) is 12.2 Å². The van der Waals surface area contributed by atoms with E-state index in [9.17, 15) is 14.7 Å². The number of Topliss-reactive ketones (excluding diaryl/α,β-unsaturated/α-hetero) is 2. The number of fused-ring (bicyclic) bond motifs is 2. The zero-order valence-electron chi connectivity index (χ0n) is 10.9. The van der Waals surface area contributed by atoms with E-state index >= 15 is 0 Å². The van der Waals surface area contributed by atoms with Crippen LogP contribution in [0.3, 0.4) is 0 Å². The van der Waals surface area contributed by atoms with Crippen molar-refractivity contribution in [1.82, 2.24) is 0 Å². The Labute approximate surface area is 116 Å². The van der Waals surface area contributed by atoms with Crippen molar-refractivity contribution in [1.29, 1.82) is 0 Å². The van der Waals surface area contributed by atoms with Crippen LogP contribution in [0.25, 0.3) is 0 Å². The number of carbonyl (C=O) groups excluding carboxylic acids is 2. The van der Waals surface area contributed by atoms with Gasteiger partial charge in [-0.25, -0.2) is 0 Å². The highest BCUT2D eigenvalue weighted by molar-refractivity contribution is 5.96. The fourth-order valence-electron chi connectivity index (χ4n) is 8.82. The normalized spacial score (nSPS) is 75.8. The van der Waals surface area contributed by atoms with E-state index in [0.29, 0.717) is 58.9 Å². The summed E-state index contributed by atoms with van der Waals surface area (Å²) >= 11 is 0. The second kappa shape index (κ2) is 2.47. The van der Waals surface area contributed by atoms with Crippen molar-refractivity contribution in [2.45, 2.75) is 6.10 Å². The third-order valence-corrected chi connectivity index (χ3v) is 8.65. The van der Waals surface area contributed by atoms with Crippen LogP contribution < -0.4 is 0 Å². The molecule has 13 atom stereocenters. The Balaban J connectivity index is 1.60. The van der Waals surface area contributed by atoms with E-state index in [0.717, 1.165) is 0 Å². The fraction of sp³-hybridized carbons (Fsp3) is 0.765. The van der Waals surface area contributed by atoms with Crippen LogP contribution in [0, 0.1) is 71.0 Å². The van der Waals surface area contributed by atoms with Gasteiger partial charge in [-0.3, -0.25) is 9.59 Å². The molecule has 3 nitrogen and oxygen atoms in total. The average molecular weight is 268 g/mol. The number of aliphatic hydroxyl groups is 1. The van der Waals surface area contributed by atoms with E-state index < -0.39 is 6.10 Å². The topological polar surface area (TPSA) is 54.4 Å². The third kappa shape index (κ3) is 0.621. The molecule has 0 amide bonds. The highest BCUT2D eigenvalue weighted by Gasteiger charge is 2.84. The van der Waals surface area contributed by atoms with Gasteiger partial charge in [0.25, 0.3) is 0 Å². The molecule has 6 fully saturated rings. The molecule has 0 aromatic rings. The Morgan fingerprint density at radius 2 is 1.10 bits per heavy atom. The van der Waals surface area contributed by atoms with Crippen molar-refractivity contribution in [2.75, 3.05) is 0 Å². The molecule has 20 heavy (non-hydrogen) atoms. The summed E-state index contributed by atoms with van der Waals surface area (Å²) in [5.41, 5.74) is 0. The molecule has 0 aliphatic heterocycles. The molecule has 7 rings (SSSR count). The smallest absolute Gasteiger partial charge is 0.142 e. The van der Waals surface area contributed by atoms with Crippen LogP contribution in [0.5, 0.6) is 0 Å². The van der Waals surface area contributed by atoms with Gasteiger partial charge in [-0.15, -0.1) is 0 Å². The Morgan fingerprint density at radius 3 is 1.60 bits per heavy atom. The van der Waals surface area contributed by atoms with Crippen LogP contribution in [-0.2, 0) is 9.59 Å².